The van der Waals surface area contributed by atoms with Gasteiger partial charge in [-0.1, -0.05) is 0 Å². The van der Waals surface area contributed by atoms with Crippen LogP contribution in [0, 0.1) is 0 Å². The molecule has 8 nitrogen and oxygen atoms in total. The molecule has 0 radical (unpaired) electrons. The summed E-state index contributed by atoms with van der Waals surface area (Å²) < 4.78 is 0. The molecule has 0 fully saturated rings. The molecule has 0 rings (SSSR count). The van der Waals surface area contributed by atoms with Crippen LogP contribution < -0.4 is 16.7 Å². The van der Waals surface area contributed by atoms with Gasteiger partial charge in [0.2, 0.25) is 23.6 Å². The predicted molar refractivity (Wildman–Crippen MR) is 62.1 cm³/mol. The number of unbranched alkanes of at least 4 members (excludes halogenated alkanes) is 1. The minimum atomic E-state index is -0.560. The maximum Gasteiger partial charge on any atom is 0.248 e. The smallest absolute Gasteiger partial charge is 0.248 e. The van der Waals surface area contributed by atoms with Gasteiger partial charge < -0.3 is 0 Å². The van der Waals surface area contributed by atoms with E-state index in [1.807, 2.05) is 5.43 Å². The van der Waals surface area contributed by atoms with Gasteiger partial charge in [-0.05, 0) is 12.8 Å². The summed E-state index contributed by atoms with van der Waals surface area (Å²) in [5.74, 6) is 3.01. The van der Waals surface area contributed by atoms with Gasteiger partial charge in [0.05, 0.1) is 0 Å². The SMILES string of the molecule is CC(=O)NN(C(C)=O)C(=O)CCCCC(=O)NN. The Morgan fingerprint density at radius 2 is 1.61 bits per heavy atom. The molecule has 0 unspecified atom stereocenters. The average Bonchev–Trinajstić information content (AvgIpc) is 2.30. The zero-order chi connectivity index (χ0) is 14.1. The van der Waals surface area contributed by atoms with Gasteiger partial charge in [-0.25, -0.2) is 5.84 Å². The first-order valence-electron chi connectivity index (χ1n) is 5.48. The van der Waals surface area contributed by atoms with Crippen molar-refractivity contribution in [2.75, 3.05) is 0 Å². The lowest BCUT2D eigenvalue weighted by molar-refractivity contribution is -0.151. The summed E-state index contributed by atoms with van der Waals surface area (Å²) in [7, 11) is 0. The van der Waals surface area contributed by atoms with E-state index in [-0.39, 0.29) is 18.7 Å². The number of nitrogens with one attached hydrogen (secondary N) is 2. The van der Waals surface area contributed by atoms with Crippen molar-refractivity contribution in [2.24, 2.45) is 5.84 Å². The first kappa shape index (κ1) is 16.0. The van der Waals surface area contributed by atoms with E-state index in [9.17, 15) is 19.2 Å². The number of amides is 4. The van der Waals surface area contributed by atoms with Gasteiger partial charge in [0.1, 0.15) is 0 Å². The molecule has 0 aliphatic rings. The van der Waals surface area contributed by atoms with Crippen LogP contribution in [0.4, 0.5) is 0 Å². The number of carbonyl (C=O) groups excluding carboxylic acids is 4. The molecule has 0 aliphatic carbocycles. The first-order valence-corrected chi connectivity index (χ1v) is 5.48. The van der Waals surface area contributed by atoms with Gasteiger partial charge in [-0.3, -0.25) is 30.0 Å². The fraction of sp³-hybridized carbons (Fsp3) is 0.600. The van der Waals surface area contributed by atoms with Crippen LogP contribution in [0.5, 0.6) is 0 Å². The van der Waals surface area contributed by atoms with Crippen LogP contribution >= 0.6 is 0 Å². The second kappa shape index (κ2) is 8.18. The zero-order valence-corrected chi connectivity index (χ0v) is 10.5. The number of rotatable bonds is 5. The second-order valence-corrected chi connectivity index (χ2v) is 3.69. The molecular formula is C10H18N4O4. The quantitative estimate of drug-likeness (QED) is 0.252. The average molecular weight is 258 g/mol. The molecule has 0 saturated heterocycles. The van der Waals surface area contributed by atoms with Crippen molar-refractivity contribution in [3.63, 3.8) is 0 Å². The molecule has 0 aromatic heterocycles. The second-order valence-electron chi connectivity index (χ2n) is 3.69. The molecule has 18 heavy (non-hydrogen) atoms. The third kappa shape index (κ3) is 6.59. The topological polar surface area (TPSA) is 122 Å². The van der Waals surface area contributed by atoms with Gasteiger partial charge in [0, 0.05) is 26.7 Å². The van der Waals surface area contributed by atoms with Crippen LogP contribution in [0.1, 0.15) is 39.5 Å². The lowest BCUT2D eigenvalue weighted by atomic mass is 10.2. The normalized spacial score (nSPS) is 9.50. The van der Waals surface area contributed by atoms with E-state index in [1.165, 1.54) is 13.8 Å². The van der Waals surface area contributed by atoms with E-state index in [0.29, 0.717) is 17.9 Å². The van der Waals surface area contributed by atoms with E-state index in [4.69, 9.17) is 5.84 Å². The predicted octanol–water partition coefficient (Wildman–Crippen LogP) is -1.04. The van der Waals surface area contributed by atoms with Crippen molar-refractivity contribution in [3.8, 4) is 0 Å². The molecule has 0 atom stereocenters. The fourth-order valence-electron chi connectivity index (χ4n) is 1.22. The number of nitrogens with two attached hydrogens (primary N) is 1. The maximum absolute atomic E-state index is 11.6. The highest BCUT2D eigenvalue weighted by Crippen LogP contribution is 2.02. The molecule has 0 spiro atoms. The Kier molecular flexibility index (Phi) is 7.29. The lowest BCUT2D eigenvalue weighted by Gasteiger charge is -2.18. The summed E-state index contributed by atoms with van der Waals surface area (Å²) in [5, 5.41) is 0.672. The Balaban J connectivity index is 4.08. The molecule has 4 amide bonds. The summed E-state index contributed by atoms with van der Waals surface area (Å²) in [4.78, 5) is 44.3. The van der Waals surface area contributed by atoms with Gasteiger partial charge in [0.15, 0.2) is 0 Å². The zero-order valence-electron chi connectivity index (χ0n) is 10.5. The highest BCUT2D eigenvalue weighted by molar-refractivity contribution is 5.95. The summed E-state index contributed by atoms with van der Waals surface area (Å²) in [5.41, 5.74) is 4.11. The van der Waals surface area contributed by atoms with E-state index in [1.54, 1.807) is 0 Å². The number of nitrogens with zero attached hydrogens (tertiary/aromatic N) is 1. The highest BCUT2D eigenvalue weighted by Gasteiger charge is 2.18. The maximum atomic E-state index is 11.6. The van der Waals surface area contributed by atoms with Crippen LogP contribution in [-0.4, -0.2) is 28.6 Å². The van der Waals surface area contributed by atoms with E-state index in [2.05, 4.69) is 5.43 Å². The molecule has 0 aromatic rings. The molecule has 4 N–H and O–H groups in total. The van der Waals surface area contributed by atoms with Crippen LogP contribution in [0.3, 0.4) is 0 Å². The number of hydrogen-bond donors (Lipinski definition) is 3. The third-order valence-electron chi connectivity index (χ3n) is 2.04. The van der Waals surface area contributed by atoms with Crippen molar-refractivity contribution >= 4 is 23.6 Å². The molecule has 8 heteroatoms. The number of hydrazine groups is 2. The van der Waals surface area contributed by atoms with Crippen LogP contribution in [0.25, 0.3) is 0 Å². The Bertz CT molecular complexity index is 343. The Hall–Kier alpha value is -1.96. The molecular weight excluding hydrogens is 240 g/mol. The summed E-state index contributed by atoms with van der Waals surface area (Å²) in [6.45, 7) is 2.38. The standard InChI is InChI=1S/C10H18N4O4/c1-7(15)13-14(8(2)16)10(18)6-4-3-5-9(17)12-11/h3-6,11H2,1-2H3,(H,12,17)(H,13,15). The third-order valence-corrected chi connectivity index (χ3v) is 2.04. The van der Waals surface area contributed by atoms with E-state index in [0.717, 1.165) is 0 Å². The highest BCUT2D eigenvalue weighted by atomic mass is 16.2. The van der Waals surface area contributed by atoms with E-state index < -0.39 is 17.7 Å². The van der Waals surface area contributed by atoms with Crippen molar-refractivity contribution in [1.29, 1.82) is 0 Å². The largest absolute Gasteiger partial charge is 0.294 e. The van der Waals surface area contributed by atoms with Crippen LogP contribution in [0.15, 0.2) is 0 Å². The Morgan fingerprint density at radius 1 is 1.06 bits per heavy atom. The van der Waals surface area contributed by atoms with Crippen molar-refractivity contribution in [3.05, 3.63) is 0 Å². The summed E-state index contributed by atoms with van der Waals surface area (Å²) in [6, 6.07) is 0. The van der Waals surface area contributed by atoms with Crippen LogP contribution in [-0.2, 0) is 19.2 Å². The van der Waals surface area contributed by atoms with Crippen LogP contribution in [0.2, 0.25) is 0 Å². The summed E-state index contributed by atoms with van der Waals surface area (Å²) in [6.07, 6.45) is 1.18. The van der Waals surface area contributed by atoms with Crippen molar-refractivity contribution in [2.45, 2.75) is 39.5 Å². The molecule has 102 valence electrons. The minimum Gasteiger partial charge on any atom is -0.294 e. The first-order chi connectivity index (χ1) is 8.38. The molecule has 0 bridgehead atoms. The molecule has 0 aromatic carbocycles. The Morgan fingerprint density at radius 3 is 2.06 bits per heavy atom. The van der Waals surface area contributed by atoms with E-state index >= 15 is 0 Å². The monoisotopic (exact) mass is 258 g/mol. The molecule has 0 saturated carbocycles. The minimum absolute atomic E-state index is 0.0672. The Labute approximate surface area is 105 Å². The molecule has 0 aliphatic heterocycles. The van der Waals surface area contributed by atoms with Crippen molar-refractivity contribution < 1.29 is 19.2 Å². The van der Waals surface area contributed by atoms with Gasteiger partial charge >= 0.3 is 0 Å². The summed E-state index contributed by atoms with van der Waals surface area (Å²) >= 11 is 0. The fourth-order valence-corrected chi connectivity index (χ4v) is 1.22. The van der Waals surface area contributed by atoms with Gasteiger partial charge in [0.25, 0.3) is 0 Å². The van der Waals surface area contributed by atoms with Gasteiger partial charge in [-0.15, -0.1) is 0 Å². The van der Waals surface area contributed by atoms with Crippen molar-refractivity contribution in [1.82, 2.24) is 15.9 Å². The number of imide groups is 1. The lowest BCUT2D eigenvalue weighted by Crippen LogP contribution is -2.48. The number of hydrogen-bond acceptors (Lipinski definition) is 5. The molecule has 0 heterocycles. The number of carbonyl (C=O) groups is 4. The van der Waals surface area contributed by atoms with Gasteiger partial charge in [-0.2, -0.15) is 5.01 Å².